The quantitative estimate of drug-likeness (QED) is 0.835. The summed E-state index contributed by atoms with van der Waals surface area (Å²) in [7, 11) is 1.31. The minimum Gasteiger partial charge on any atom is -0.465 e. The van der Waals surface area contributed by atoms with Gasteiger partial charge in [0, 0.05) is 6.04 Å². The predicted octanol–water partition coefficient (Wildman–Crippen LogP) is 3.68. The maximum atomic E-state index is 15.0. The number of aryl methyl sites for hydroxylation is 1. The first-order chi connectivity index (χ1) is 13.1. The number of nitrogens with zero attached hydrogens (tertiary/aromatic N) is 2. The highest BCUT2D eigenvalue weighted by molar-refractivity contribution is 5.92. The van der Waals surface area contributed by atoms with Crippen LogP contribution < -0.4 is 10.2 Å². The van der Waals surface area contributed by atoms with Crippen molar-refractivity contribution >= 4 is 17.3 Å². The molecule has 0 atom stereocenters. The molecule has 5 nitrogen and oxygen atoms in total. The number of carbonyl (C=O) groups is 1. The lowest BCUT2D eigenvalue weighted by molar-refractivity contribution is 0.0600. The molecule has 140 valence electrons. The summed E-state index contributed by atoms with van der Waals surface area (Å²) < 4.78 is 19.9. The number of esters is 1. The van der Waals surface area contributed by atoms with E-state index in [2.05, 4.69) is 11.4 Å². The van der Waals surface area contributed by atoms with E-state index >= 15 is 4.39 Å². The third kappa shape index (κ3) is 3.79. The second kappa shape index (κ2) is 8.19. The molecule has 0 aliphatic carbocycles. The standard InChI is InChI=1S/C21H22FN3O2/c1-14-11-18(22)20(12-17(14)21(26)27-2)25(16-7-9-24-10-8-16)19-6-4-3-5-15(19)13-23/h3-6,11-12,16,24H,7-10H2,1-2H3. The molecule has 2 aromatic carbocycles. The number of ether oxygens (including phenoxy) is 1. The van der Waals surface area contributed by atoms with Gasteiger partial charge in [-0.1, -0.05) is 12.1 Å². The van der Waals surface area contributed by atoms with Crippen molar-refractivity contribution in [1.29, 1.82) is 5.26 Å². The molecule has 0 spiro atoms. The predicted molar refractivity (Wildman–Crippen MR) is 102 cm³/mol. The van der Waals surface area contributed by atoms with Gasteiger partial charge in [-0.3, -0.25) is 0 Å². The van der Waals surface area contributed by atoms with Crippen LogP contribution in [0.25, 0.3) is 0 Å². The monoisotopic (exact) mass is 367 g/mol. The Balaban J connectivity index is 2.19. The lowest BCUT2D eigenvalue weighted by Gasteiger charge is -2.37. The van der Waals surface area contributed by atoms with E-state index in [9.17, 15) is 10.1 Å². The third-order valence-corrected chi connectivity index (χ3v) is 4.92. The first kappa shape index (κ1) is 18.9. The van der Waals surface area contributed by atoms with E-state index < -0.39 is 11.8 Å². The molecule has 2 aromatic rings. The van der Waals surface area contributed by atoms with Crippen molar-refractivity contribution in [1.82, 2.24) is 5.32 Å². The van der Waals surface area contributed by atoms with Gasteiger partial charge in [0.05, 0.1) is 29.6 Å². The van der Waals surface area contributed by atoms with Gasteiger partial charge in [0.1, 0.15) is 11.9 Å². The number of rotatable bonds is 4. The first-order valence-corrected chi connectivity index (χ1v) is 8.94. The van der Waals surface area contributed by atoms with Crippen molar-refractivity contribution in [3.05, 3.63) is 58.9 Å². The molecular formula is C21H22FN3O2. The summed E-state index contributed by atoms with van der Waals surface area (Å²) in [5.74, 6) is -0.931. The van der Waals surface area contributed by atoms with Crippen molar-refractivity contribution in [2.45, 2.75) is 25.8 Å². The summed E-state index contributed by atoms with van der Waals surface area (Å²) in [4.78, 5) is 14.0. The highest BCUT2D eigenvalue weighted by Crippen LogP contribution is 2.36. The zero-order chi connectivity index (χ0) is 19.4. The van der Waals surface area contributed by atoms with Crippen LogP contribution in [0.2, 0.25) is 0 Å². The van der Waals surface area contributed by atoms with Crippen molar-refractivity contribution in [2.75, 3.05) is 25.1 Å². The van der Waals surface area contributed by atoms with Gasteiger partial charge in [0.2, 0.25) is 0 Å². The number of hydrogen-bond acceptors (Lipinski definition) is 5. The minimum absolute atomic E-state index is 0.0171. The highest BCUT2D eigenvalue weighted by atomic mass is 19.1. The van der Waals surface area contributed by atoms with Gasteiger partial charge in [0.15, 0.2) is 0 Å². The molecule has 1 aliphatic heterocycles. The second-order valence-corrected chi connectivity index (χ2v) is 6.59. The Labute approximate surface area is 158 Å². The van der Waals surface area contributed by atoms with Crippen LogP contribution >= 0.6 is 0 Å². The molecule has 1 fully saturated rings. The molecule has 0 amide bonds. The van der Waals surface area contributed by atoms with E-state index in [1.165, 1.54) is 19.2 Å². The second-order valence-electron chi connectivity index (χ2n) is 6.59. The van der Waals surface area contributed by atoms with E-state index in [4.69, 9.17) is 4.74 Å². The van der Waals surface area contributed by atoms with Gasteiger partial charge in [-0.15, -0.1) is 0 Å². The summed E-state index contributed by atoms with van der Waals surface area (Å²) >= 11 is 0. The largest absolute Gasteiger partial charge is 0.465 e. The van der Waals surface area contributed by atoms with E-state index in [-0.39, 0.29) is 11.7 Å². The number of hydrogen-bond donors (Lipinski definition) is 1. The first-order valence-electron chi connectivity index (χ1n) is 8.94. The van der Waals surface area contributed by atoms with Crippen LogP contribution in [0, 0.1) is 24.1 Å². The zero-order valence-corrected chi connectivity index (χ0v) is 15.5. The average Bonchev–Trinajstić information content (AvgIpc) is 2.70. The molecule has 0 aromatic heterocycles. The van der Waals surface area contributed by atoms with Crippen LogP contribution in [0.3, 0.4) is 0 Å². The molecule has 1 aliphatic rings. The van der Waals surface area contributed by atoms with Crippen LogP contribution in [0.1, 0.15) is 34.3 Å². The number of para-hydroxylation sites is 1. The summed E-state index contributed by atoms with van der Waals surface area (Å²) in [6.07, 6.45) is 1.61. The fourth-order valence-electron chi connectivity index (χ4n) is 3.54. The lowest BCUT2D eigenvalue weighted by Crippen LogP contribution is -2.41. The summed E-state index contributed by atoms with van der Waals surface area (Å²) in [6.45, 7) is 3.30. The van der Waals surface area contributed by atoms with Gasteiger partial charge in [0.25, 0.3) is 0 Å². The van der Waals surface area contributed by atoms with Crippen LogP contribution in [0.5, 0.6) is 0 Å². The summed E-state index contributed by atoms with van der Waals surface area (Å²) in [6, 6.07) is 12.2. The van der Waals surface area contributed by atoms with E-state index in [0.717, 1.165) is 25.9 Å². The van der Waals surface area contributed by atoms with Crippen molar-refractivity contribution < 1.29 is 13.9 Å². The Morgan fingerprint density at radius 3 is 2.63 bits per heavy atom. The number of halogens is 1. The summed E-state index contributed by atoms with van der Waals surface area (Å²) in [5, 5.41) is 12.9. The SMILES string of the molecule is COC(=O)c1cc(N(c2ccccc2C#N)C2CCNCC2)c(F)cc1C. The van der Waals surface area contributed by atoms with E-state index in [0.29, 0.717) is 22.4 Å². The summed E-state index contributed by atoms with van der Waals surface area (Å²) in [5.41, 5.74) is 2.24. The smallest absolute Gasteiger partial charge is 0.338 e. The molecule has 0 saturated carbocycles. The Morgan fingerprint density at radius 2 is 1.96 bits per heavy atom. The van der Waals surface area contributed by atoms with Crippen LogP contribution in [-0.2, 0) is 4.74 Å². The highest BCUT2D eigenvalue weighted by Gasteiger charge is 2.28. The van der Waals surface area contributed by atoms with Crippen molar-refractivity contribution in [3.8, 4) is 6.07 Å². The normalized spacial score (nSPS) is 14.4. The number of nitrogens with one attached hydrogen (secondary N) is 1. The topological polar surface area (TPSA) is 65.4 Å². The number of carbonyl (C=O) groups excluding carboxylic acids is 1. The molecule has 3 rings (SSSR count). The number of nitriles is 1. The Hall–Kier alpha value is -2.91. The fraction of sp³-hybridized carbons (Fsp3) is 0.333. The molecule has 1 saturated heterocycles. The number of piperidine rings is 1. The number of benzene rings is 2. The van der Waals surface area contributed by atoms with Gasteiger partial charge in [-0.05, 0) is 62.7 Å². The molecule has 1 heterocycles. The Kier molecular flexibility index (Phi) is 5.72. The molecule has 1 N–H and O–H groups in total. The van der Waals surface area contributed by atoms with Gasteiger partial charge < -0.3 is 15.0 Å². The third-order valence-electron chi connectivity index (χ3n) is 4.92. The van der Waals surface area contributed by atoms with Crippen molar-refractivity contribution in [2.24, 2.45) is 0 Å². The average molecular weight is 367 g/mol. The van der Waals surface area contributed by atoms with E-state index in [1.54, 1.807) is 19.1 Å². The maximum Gasteiger partial charge on any atom is 0.338 e. The lowest BCUT2D eigenvalue weighted by atomic mass is 9.99. The molecular weight excluding hydrogens is 345 g/mol. The van der Waals surface area contributed by atoms with Gasteiger partial charge >= 0.3 is 5.97 Å². The van der Waals surface area contributed by atoms with Crippen LogP contribution in [0.4, 0.5) is 15.8 Å². The zero-order valence-electron chi connectivity index (χ0n) is 15.5. The molecule has 0 radical (unpaired) electrons. The fourth-order valence-corrected chi connectivity index (χ4v) is 3.54. The number of anilines is 2. The Morgan fingerprint density at radius 1 is 1.26 bits per heavy atom. The van der Waals surface area contributed by atoms with Crippen LogP contribution in [0.15, 0.2) is 36.4 Å². The number of methoxy groups -OCH3 is 1. The van der Waals surface area contributed by atoms with E-state index in [1.807, 2.05) is 17.0 Å². The van der Waals surface area contributed by atoms with Crippen LogP contribution in [-0.4, -0.2) is 32.2 Å². The van der Waals surface area contributed by atoms with Gasteiger partial charge in [-0.25, -0.2) is 9.18 Å². The minimum atomic E-state index is -0.507. The molecule has 27 heavy (non-hydrogen) atoms. The molecule has 0 unspecified atom stereocenters. The Bertz CT molecular complexity index is 885. The molecule has 0 bridgehead atoms. The van der Waals surface area contributed by atoms with Crippen molar-refractivity contribution in [3.63, 3.8) is 0 Å². The maximum absolute atomic E-state index is 15.0. The molecule has 6 heteroatoms. The van der Waals surface area contributed by atoms with Gasteiger partial charge in [-0.2, -0.15) is 5.26 Å².